The number of carbonyl (C=O) groups is 1. The minimum Gasteiger partial charge on any atom is -0.398 e. The molecule has 0 spiro atoms. The van der Waals surface area contributed by atoms with Crippen LogP contribution in [0.3, 0.4) is 0 Å². The molecule has 20 heavy (non-hydrogen) atoms. The molecule has 0 aliphatic carbocycles. The molecule has 0 heterocycles. The Morgan fingerprint density at radius 1 is 1.05 bits per heavy atom. The summed E-state index contributed by atoms with van der Waals surface area (Å²) in [6.45, 7) is 0. The normalized spacial score (nSPS) is 11.2. The summed E-state index contributed by atoms with van der Waals surface area (Å²) in [5.74, 6) is -0.623. The van der Waals surface area contributed by atoms with Crippen molar-refractivity contribution in [2.75, 3.05) is 11.1 Å². The number of halogens is 3. The zero-order valence-corrected chi connectivity index (χ0v) is 10.2. The molecule has 0 radical (unpaired) electrons. The van der Waals surface area contributed by atoms with Crippen LogP contribution in [0.1, 0.15) is 15.9 Å². The van der Waals surface area contributed by atoms with Crippen LogP contribution < -0.4 is 11.1 Å². The minimum absolute atomic E-state index is 0.102. The number of nitrogens with two attached hydrogens (primary N) is 1. The predicted molar refractivity (Wildman–Crippen MR) is 70.3 cm³/mol. The SMILES string of the molecule is Nc1ccc(C(=O)Nc2ccccc2)cc1C(F)(F)F. The first-order valence-corrected chi connectivity index (χ1v) is 5.71. The van der Waals surface area contributed by atoms with Crippen molar-refractivity contribution in [3.8, 4) is 0 Å². The largest absolute Gasteiger partial charge is 0.418 e. The van der Waals surface area contributed by atoms with Gasteiger partial charge >= 0.3 is 6.18 Å². The van der Waals surface area contributed by atoms with Crippen molar-refractivity contribution in [1.29, 1.82) is 0 Å². The van der Waals surface area contributed by atoms with E-state index in [-0.39, 0.29) is 5.56 Å². The summed E-state index contributed by atoms with van der Waals surface area (Å²) in [6.07, 6.45) is -4.59. The van der Waals surface area contributed by atoms with Crippen molar-refractivity contribution >= 4 is 17.3 Å². The van der Waals surface area contributed by atoms with Crippen LogP contribution in [0.2, 0.25) is 0 Å². The van der Waals surface area contributed by atoms with Crippen molar-refractivity contribution in [1.82, 2.24) is 0 Å². The number of rotatable bonds is 2. The van der Waals surface area contributed by atoms with E-state index in [9.17, 15) is 18.0 Å². The number of nitrogens with one attached hydrogen (secondary N) is 1. The molecule has 2 aromatic carbocycles. The molecule has 0 saturated heterocycles. The van der Waals surface area contributed by atoms with Crippen LogP contribution in [0.25, 0.3) is 0 Å². The van der Waals surface area contributed by atoms with Gasteiger partial charge in [0.25, 0.3) is 5.91 Å². The van der Waals surface area contributed by atoms with Crippen molar-refractivity contribution in [3.63, 3.8) is 0 Å². The van der Waals surface area contributed by atoms with E-state index in [1.54, 1.807) is 30.3 Å². The maximum atomic E-state index is 12.7. The molecule has 2 rings (SSSR count). The first kappa shape index (κ1) is 13.9. The molecule has 0 aliphatic rings. The second-order valence-corrected chi connectivity index (χ2v) is 4.12. The lowest BCUT2D eigenvalue weighted by Gasteiger charge is -2.12. The second-order valence-electron chi connectivity index (χ2n) is 4.12. The molecule has 0 bridgehead atoms. The summed E-state index contributed by atoms with van der Waals surface area (Å²) in [5, 5.41) is 2.51. The Kier molecular flexibility index (Phi) is 3.65. The smallest absolute Gasteiger partial charge is 0.398 e. The second kappa shape index (κ2) is 5.24. The Bertz CT molecular complexity index is 624. The first-order valence-electron chi connectivity index (χ1n) is 5.71. The molecule has 3 N–H and O–H groups in total. The topological polar surface area (TPSA) is 55.1 Å². The van der Waals surface area contributed by atoms with E-state index < -0.39 is 23.3 Å². The molecule has 6 heteroatoms. The minimum atomic E-state index is -4.59. The summed E-state index contributed by atoms with van der Waals surface area (Å²) in [7, 11) is 0. The highest BCUT2D eigenvalue weighted by atomic mass is 19.4. The first-order chi connectivity index (χ1) is 9.38. The maximum Gasteiger partial charge on any atom is 0.418 e. The summed E-state index contributed by atoms with van der Waals surface area (Å²) >= 11 is 0. The molecule has 0 saturated carbocycles. The van der Waals surface area contributed by atoms with Crippen LogP contribution in [0.15, 0.2) is 48.5 Å². The van der Waals surface area contributed by atoms with Gasteiger partial charge in [-0.3, -0.25) is 4.79 Å². The van der Waals surface area contributed by atoms with Gasteiger partial charge in [-0.2, -0.15) is 13.2 Å². The third kappa shape index (κ3) is 3.09. The Morgan fingerprint density at radius 2 is 1.70 bits per heavy atom. The lowest BCUT2D eigenvalue weighted by atomic mass is 10.1. The van der Waals surface area contributed by atoms with Gasteiger partial charge in [-0.05, 0) is 30.3 Å². The molecule has 0 fully saturated rings. The zero-order valence-electron chi connectivity index (χ0n) is 10.2. The number of anilines is 2. The fourth-order valence-corrected chi connectivity index (χ4v) is 1.67. The van der Waals surface area contributed by atoms with Crippen molar-refractivity contribution in [3.05, 3.63) is 59.7 Å². The Labute approximate surface area is 113 Å². The van der Waals surface area contributed by atoms with Gasteiger partial charge in [0, 0.05) is 16.9 Å². The van der Waals surface area contributed by atoms with E-state index in [4.69, 9.17) is 5.73 Å². The Morgan fingerprint density at radius 3 is 2.30 bits per heavy atom. The van der Waals surface area contributed by atoms with Gasteiger partial charge in [0.15, 0.2) is 0 Å². The molecule has 104 valence electrons. The summed E-state index contributed by atoms with van der Waals surface area (Å²) in [6, 6.07) is 11.5. The molecule has 1 amide bonds. The van der Waals surface area contributed by atoms with Crippen molar-refractivity contribution in [2.24, 2.45) is 0 Å². The van der Waals surface area contributed by atoms with Crippen molar-refractivity contribution in [2.45, 2.75) is 6.18 Å². The number of carbonyl (C=O) groups excluding carboxylic acids is 1. The number of benzene rings is 2. The van der Waals surface area contributed by atoms with Crippen LogP contribution >= 0.6 is 0 Å². The van der Waals surface area contributed by atoms with Crippen LogP contribution in [-0.2, 0) is 6.18 Å². The fraction of sp³-hybridized carbons (Fsp3) is 0.0714. The van der Waals surface area contributed by atoms with E-state index in [1.807, 2.05) is 0 Å². The molecule has 2 aromatic rings. The van der Waals surface area contributed by atoms with E-state index in [1.165, 1.54) is 6.07 Å². The van der Waals surface area contributed by atoms with E-state index in [0.29, 0.717) is 5.69 Å². The van der Waals surface area contributed by atoms with Crippen LogP contribution in [0, 0.1) is 0 Å². The van der Waals surface area contributed by atoms with Crippen LogP contribution in [0.4, 0.5) is 24.5 Å². The standard InChI is InChI=1S/C14H11F3N2O/c15-14(16,17)11-8-9(6-7-12(11)18)13(20)19-10-4-2-1-3-5-10/h1-8H,18H2,(H,19,20). The maximum absolute atomic E-state index is 12.7. The van der Waals surface area contributed by atoms with Crippen LogP contribution in [0.5, 0.6) is 0 Å². The van der Waals surface area contributed by atoms with E-state index in [0.717, 1.165) is 12.1 Å². The molecule has 0 unspecified atom stereocenters. The Balaban J connectivity index is 2.27. The highest BCUT2D eigenvalue weighted by Crippen LogP contribution is 2.34. The van der Waals surface area contributed by atoms with Gasteiger partial charge in [0.1, 0.15) is 0 Å². The monoisotopic (exact) mass is 280 g/mol. The molecular formula is C14H11F3N2O. The number of alkyl halides is 3. The molecule has 0 aliphatic heterocycles. The van der Waals surface area contributed by atoms with Gasteiger partial charge < -0.3 is 11.1 Å². The Hall–Kier alpha value is -2.50. The van der Waals surface area contributed by atoms with Crippen LogP contribution in [-0.4, -0.2) is 5.91 Å². The van der Waals surface area contributed by atoms with Gasteiger partial charge in [0.2, 0.25) is 0 Å². The van der Waals surface area contributed by atoms with Gasteiger partial charge in [0.05, 0.1) is 5.56 Å². The third-order valence-electron chi connectivity index (χ3n) is 2.65. The molecule has 0 aromatic heterocycles. The van der Waals surface area contributed by atoms with Gasteiger partial charge in [-0.1, -0.05) is 18.2 Å². The molecular weight excluding hydrogens is 269 g/mol. The zero-order chi connectivity index (χ0) is 14.8. The number of nitrogen functional groups attached to an aromatic ring is 1. The number of hydrogen-bond acceptors (Lipinski definition) is 2. The van der Waals surface area contributed by atoms with Gasteiger partial charge in [-0.25, -0.2) is 0 Å². The summed E-state index contributed by atoms with van der Waals surface area (Å²) < 4.78 is 38.1. The average molecular weight is 280 g/mol. The lowest BCUT2D eigenvalue weighted by Crippen LogP contribution is -2.15. The number of hydrogen-bond donors (Lipinski definition) is 2. The fourth-order valence-electron chi connectivity index (χ4n) is 1.67. The highest BCUT2D eigenvalue weighted by Gasteiger charge is 2.33. The summed E-state index contributed by atoms with van der Waals surface area (Å²) in [4.78, 5) is 11.9. The third-order valence-corrected chi connectivity index (χ3v) is 2.65. The summed E-state index contributed by atoms with van der Waals surface area (Å²) in [5.41, 5.74) is 4.25. The number of para-hydroxylation sites is 1. The average Bonchev–Trinajstić information content (AvgIpc) is 2.39. The van der Waals surface area contributed by atoms with Crippen molar-refractivity contribution < 1.29 is 18.0 Å². The quantitative estimate of drug-likeness (QED) is 0.827. The number of amides is 1. The molecule has 0 atom stereocenters. The van der Waals surface area contributed by atoms with E-state index >= 15 is 0 Å². The predicted octanol–water partition coefficient (Wildman–Crippen LogP) is 3.54. The lowest BCUT2D eigenvalue weighted by molar-refractivity contribution is -0.136. The van der Waals surface area contributed by atoms with Gasteiger partial charge in [-0.15, -0.1) is 0 Å². The highest BCUT2D eigenvalue weighted by molar-refractivity contribution is 6.04. The van der Waals surface area contributed by atoms with E-state index in [2.05, 4.69) is 5.32 Å². The molecule has 3 nitrogen and oxygen atoms in total.